The van der Waals surface area contributed by atoms with E-state index in [2.05, 4.69) is 26.3 Å². The lowest BCUT2D eigenvalue weighted by molar-refractivity contribution is -0.141. The van der Waals surface area contributed by atoms with Gasteiger partial charge in [-0.2, -0.15) is 18.3 Å². The number of alkyl halides is 3. The highest BCUT2D eigenvalue weighted by Gasteiger charge is 2.40. The molecule has 0 spiro atoms. The number of hydrogen-bond acceptors (Lipinski definition) is 2. The third-order valence-electron chi connectivity index (χ3n) is 4.20. The molecule has 8 heteroatoms. The molecule has 2 aromatic rings. The van der Waals surface area contributed by atoms with Gasteiger partial charge in [-0.1, -0.05) is 28.1 Å². The normalized spacial score (nSPS) is 16.5. The summed E-state index contributed by atoms with van der Waals surface area (Å²) in [6.45, 7) is -0.244. The third-order valence-corrected chi connectivity index (χ3v) is 4.69. The molecule has 0 bridgehead atoms. The average Bonchev–Trinajstić information content (AvgIpc) is 2.91. The van der Waals surface area contributed by atoms with Crippen LogP contribution in [0.3, 0.4) is 0 Å². The molecule has 1 amide bonds. The maximum Gasteiger partial charge on any atom is 0.435 e. The van der Waals surface area contributed by atoms with Gasteiger partial charge >= 0.3 is 6.18 Å². The van der Waals surface area contributed by atoms with E-state index in [-0.39, 0.29) is 12.5 Å². The third kappa shape index (κ3) is 3.48. The van der Waals surface area contributed by atoms with E-state index in [1.165, 1.54) is 0 Å². The Morgan fingerprint density at radius 2 is 2.08 bits per heavy atom. The number of hydrogen-bond donors (Lipinski definition) is 1. The second kappa shape index (κ2) is 6.23. The molecule has 0 atom stereocenters. The first-order valence-corrected chi connectivity index (χ1v) is 8.26. The fourth-order valence-corrected chi connectivity index (χ4v) is 3.26. The molecule has 3 rings (SSSR count). The van der Waals surface area contributed by atoms with Crippen molar-refractivity contribution >= 4 is 21.8 Å². The van der Waals surface area contributed by atoms with Crippen molar-refractivity contribution in [2.75, 3.05) is 0 Å². The minimum absolute atomic E-state index is 0.244. The van der Waals surface area contributed by atoms with E-state index in [9.17, 15) is 18.0 Å². The molecule has 0 unspecified atom stereocenters. The summed E-state index contributed by atoms with van der Waals surface area (Å²) < 4.78 is 39.6. The Labute approximate surface area is 145 Å². The molecule has 128 valence electrons. The van der Waals surface area contributed by atoms with Crippen molar-refractivity contribution in [1.29, 1.82) is 0 Å². The molecule has 0 aliphatic heterocycles. The fourth-order valence-electron chi connectivity index (χ4n) is 2.86. The summed E-state index contributed by atoms with van der Waals surface area (Å²) in [5, 5.41) is 6.37. The highest BCUT2D eigenvalue weighted by Crippen LogP contribution is 2.41. The summed E-state index contributed by atoms with van der Waals surface area (Å²) in [4.78, 5) is 12.3. The maximum atomic E-state index is 12.6. The Morgan fingerprint density at radius 3 is 2.62 bits per heavy atom. The van der Waals surface area contributed by atoms with E-state index in [1.807, 2.05) is 24.3 Å². The highest BCUT2D eigenvalue weighted by atomic mass is 79.9. The van der Waals surface area contributed by atoms with E-state index >= 15 is 0 Å². The van der Waals surface area contributed by atoms with Gasteiger partial charge in [-0.05, 0) is 43.0 Å². The standard InChI is InChI=1S/C16H15BrF3N3O/c17-12-4-1-3-11(9-12)15(6-2-7-15)21-14(24)10-23-8-5-13(22-23)16(18,19)20/h1,3-5,8-9H,2,6-7,10H2,(H,21,24). The van der Waals surface area contributed by atoms with E-state index in [1.54, 1.807) is 0 Å². The van der Waals surface area contributed by atoms with Crippen molar-refractivity contribution < 1.29 is 18.0 Å². The fraction of sp³-hybridized carbons (Fsp3) is 0.375. The van der Waals surface area contributed by atoms with Crippen molar-refractivity contribution in [2.45, 2.75) is 37.5 Å². The summed E-state index contributed by atoms with van der Waals surface area (Å²) in [7, 11) is 0. The minimum atomic E-state index is -4.51. The van der Waals surface area contributed by atoms with Gasteiger partial charge in [-0.3, -0.25) is 9.48 Å². The molecule has 4 nitrogen and oxygen atoms in total. The number of nitrogens with one attached hydrogen (secondary N) is 1. The van der Waals surface area contributed by atoms with Crippen LogP contribution in [-0.4, -0.2) is 15.7 Å². The molecule has 1 heterocycles. The lowest BCUT2D eigenvalue weighted by Crippen LogP contribution is -2.51. The maximum absolute atomic E-state index is 12.6. The van der Waals surface area contributed by atoms with Gasteiger partial charge < -0.3 is 5.32 Å². The molecule has 1 saturated carbocycles. The zero-order valence-electron chi connectivity index (χ0n) is 12.6. The van der Waals surface area contributed by atoms with Crippen LogP contribution >= 0.6 is 15.9 Å². The number of aromatic nitrogens is 2. The Morgan fingerprint density at radius 1 is 1.33 bits per heavy atom. The van der Waals surface area contributed by atoms with E-state index < -0.39 is 17.4 Å². The number of carbonyl (C=O) groups is 1. The monoisotopic (exact) mass is 401 g/mol. The number of carbonyl (C=O) groups excluding carboxylic acids is 1. The van der Waals surface area contributed by atoms with Gasteiger partial charge in [0.2, 0.25) is 5.91 Å². The van der Waals surface area contributed by atoms with Crippen LogP contribution in [0.15, 0.2) is 41.0 Å². The molecule has 24 heavy (non-hydrogen) atoms. The van der Waals surface area contributed by atoms with Crippen LogP contribution in [0.1, 0.15) is 30.5 Å². The van der Waals surface area contributed by atoms with E-state index in [0.717, 1.165) is 46.2 Å². The predicted molar refractivity (Wildman–Crippen MR) is 85.0 cm³/mol. The van der Waals surface area contributed by atoms with Gasteiger partial charge in [0, 0.05) is 10.7 Å². The van der Waals surface area contributed by atoms with Crippen molar-refractivity contribution in [1.82, 2.24) is 15.1 Å². The lowest BCUT2D eigenvalue weighted by Gasteiger charge is -2.43. The van der Waals surface area contributed by atoms with Gasteiger partial charge in [0.1, 0.15) is 6.54 Å². The molecule has 1 N–H and O–H groups in total. The quantitative estimate of drug-likeness (QED) is 0.845. The second-order valence-corrected chi connectivity index (χ2v) is 6.81. The average molecular weight is 402 g/mol. The van der Waals surface area contributed by atoms with Gasteiger partial charge in [0.15, 0.2) is 5.69 Å². The topological polar surface area (TPSA) is 46.9 Å². The van der Waals surface area contributed by atoms with Crippen LogP contribution in [0.4, 0.5) is 13.2 Å². The van der Waals surface area contributed by atoms with Gasteiger partial charge in [0.05, 0.1) is 5.54 Å². The summed E-state index contributed by atoms with van der Waals surface area (Å²) in [6, 6.07) is 8.56. The molecule has 1 aliphatic carbocycles. The van der Waals surface area contributed by atoms with Crippen molar-refractivity contribution in [2.24, 2.45) is 0 Å². The Bertz CT molecular complexity index is 753. The molecule has 0 saturated heterocycles. The number of rotatable bonds is 4. The molecule has 1 aromatic carbocycles. The van der Waals surface area contributed by atoms with Gasteiger partial charge in [-0.25, -0.2) is 0 Å². The first-order valence-electron chi connectivity index (χ1n) is 7.46. The molecule has 1 aromatic heterocycles. The van der Waals surface area contributed by atoms with E-state index in [4.69, 9.17) is 0 Å². The number of amides is 1. The Kier molecular flexibility index (Phi) is 4.42. The first kappa shape index (κ1) is 17.0. The van der Waals surface area contributed by atoms with Crippen LogP contribution in [-0.2, 0) is 23.1 Å². The zero-order valence-corrected chi connectivity index (χ0v) is 14.2. The number of halogens is 4. The molecular formula is C16H15BrF3N3O. The zero-order chi connectivity index (χ0) is 17.4. The Hall–Kier alpha value is -1.83. The summed E-state index contributed by atoms with van der Waals surface area (Å²) in [6.07, 6.45) is -0.737. The number of benzene rings is 1. The largest absolute Gasteiger partial charge is 0.435 e. The predicted octanol–water partition coefficient (Wildman–Crippen LogP) is 3.86. The second-order valence-electron chi connectivity index (χ2n) is 5.89. The van der Waals surface area contributed by atoms with Gasteiger partial charge in [-0.15, -0.1) is 0 Å². The summed E-state index contributed by atoms with van der Waals surface area (Å²) in [5.41, 5.74) is -0.450. The summed E-state index contributed by atoms with van der Waals surface area (Å²) in [5.74, 6) is -0.355. The minimum Gasteiger partial charge on any atom is -0.345 e. The summed E-state index contributed by atoms with van der Waals surface area (Å²) >= 11 is 3.42. The lowest BCUT2D eigenvalue weighted by atomic mass is 9.72. The molecule has 0 radical (unpaired) electrons. The van der Waals surface area contributed by atoms with Crippen LogP contribution in [0.5, 0.6) is 0 Å². The Balaban J connectivity index is 1.70. The van der Waals surface area contributed by atoms with Crippen molar-refractivity contribution in [3.05, 3.63) is 52.3 Å². The molecular weight excluding hydrogens is 387 g/mol. The smallest absolute Gasteiger partial charge is 0.345 e. The first-order chi connectivity index (χ1) is 11.3. The highest BCUT2D eigenvalue weighted by molar-refractivity contribution is 9.10. The SMILES string of the molecule is O=C(Cn1ccc(C(F)(F)F)n1)NC1(c2cccc(Br)c2)CCC1. The molecule has 1 fully saturated rings. The molecule has 1 aliphatic rings. The van der Waals surface area contributed by atoms with Crippen LogP contribution in [0.25, 0.3) is 0 Å². The van der Waals surface area contributed by atoms with Crippen LogP contribution in [0, 0.1) is 0 Å². The van der Waals surface area contributed by atoms with Gasteiger partial charge in [0.25, 0.3) is 0 Å². The van der Waals surface area contributed by atoms with Crippen LogP contribution in [0.2, 0.25) is 0 Å². The number of nitrogens with zero attached hydrogens (tertiary/aromatic N) is 2. The van der Waals surface area contributed by atoms with Crippen LogP contribution < -0.4 is 5.32 Å². The van der Waals surface area contributed by atoms with Crippen molar-refractivity contribution in [3.8, 4) is 0 Å². The van der Waals surface area contributed by atoms with Crippen molar-refractivity contribution in [3.63, 3.8) is 0 Å². The van der Waals surface area contributed by atoms with E-state index in [0.29, 0.717) is 0 Å².